The SMILES string of the molecule is O=C1CCCN1c1c(F)c(F)cc(F)c1F. The fourth-order valence-corrected chi connectivity index (χ4v) is 1.68. The Morgan fingerprint density at radius 3 is 2.06 bits per heavy atom. The van der Waals surface area contributed by atoms with Gasteiger partial charge in [-0.15, -0.1) is 0 Å². The van der Waals surface area contributed by atoms with Crippen LogP contribution in [-0.4, -0.2) is 12.5 Å². The summed E-state index contributed by atoms with van der Waals surface area (Å²) in [6.45, 7) is 0.0650. The zero-order valence-electron chi connectivity index (χ0n) is 8.07. The number of carbonyl (C=O) groups is 1. The predicted molar refractivity (Wildman–Crippen MR) is 47.9 cm³/mol. The van der Waals surface area contributed by atoms with Crippen molar-refractivity contribution in [2.24, 2.45) is 0 Å². The van der Waals surface area contributed by atoms with Crippen molar-refractivity contribution in [3.63, 3.8) is 0 Å². The van der Waals surface area contributed by atoms with Gasteiger partial charge in [0.05, 0.1) is 0 Å². The molecular weight excluding hydrogens is 226 g/mol. The fourth-order valence-electron chi connectivity index (χ4n) is 1.68. The Morgan fingerprint density at radius 1 is 1.06 bits per heavy atom. The van der Waals surface area contributed by atoms with E-state index >= 15 is 0 Å². The van der Waals surface area contributed by atoms with E-state index in [0.717, 1.165) is 4.90 Å². The van der Waals surface area contributed by atoms with Crippen LogP contribution in [0.3, 0.4) is 0 Å². The van der Waals surface area contributed by atoms with Crippen molar-refractivity contribution in [2.75, 3.05) is 11.4 Å². The maximum absolute atomic E-state index is 13.3. The lowest BCUT2D eigenvalue weighted by Gasteiger charge is -2.17. The molecule has 1 fully saturated rings. The summed E-state index contributed by atoms with van der Waals surface area (Å²) in [5, 5.41) is 0. The smallest absolute Gasteiger partial charge is 0.227 e. The van der Waals surface area contributed by atoms with Gasteiger partial charge >= 0.3 is 0 Å². The van der Waals surface area contributed by atoms with Gasteiger partial charge in [-0.1, -0.05) is 0 Å². The van der Waals surface area contributed by atoms with Gasteiger partial charge in [0.15, 0.2) is 23.3 Å². The van der Waals surface area contributed by atoms with Crippen LogP contribution < -0.4 is 4.90 Å². The normalized spacial score (nSPS) is 16.0. The highest BCUT2D eigenvalue weighted by Crippen LogP contribution is 2.30. The van der Waals surface area contributed by atoms with Crippen LogP contribution >= 0.6 is 0 Å². The van der Waals surface area contributed by atoms with Crippen molar-refractivity contribution in [3.8, 4) is 0 Å². The molecule has 0 spiro atoms. The molecular formula is C10H7F4NO. The molecule has 2 rings (SSSR count). The Morgan fingerprint density at radius 2 is 1.62 bits per heavy atom. The van der Waals surface area contributed by atoms with E-state index in [4.69, 9.17) is 0 Å². The minimum absolute atomic E-state index is 0.0650. The van der Waals surface area contributed by atoms with E-state index in [1.54, 1.807) is 0 Å². The second kappa shape index (κ2) is 3.77. The Kier molecular flexibility index (Phi) is 2.57. The monoisotopic (exact) mass is 233 g/mol. The van der Waals surface area contributed by atoms with E-state index in [1.807, 2.05) is 0 Å². The Balaban J connectivity index is 2.58. The molecule has 2 nitrogen and oxygen atoms in total. The Hall–Kier alpha value is -1.59. The molecule has 0 unspecified atom stereocenters. The van der Waals surface area contributed by atoms with E-state index in [2.05, 4.69) is 0 Å². The van der Waals surface area contributed by atoms with Crippen LogP contribution in [0.25, 0.3) is 0 Å². The summed E-state index contributed by atoms with van der Waals surface area (Å²) in [5.74, 6) is -6.62. The third-order valence-electron chi connectivity index (χ3n) is 2.43. The average Bonchev–Trinajstić information content (AvgIpc) is 2.63. The zero-order chi connectivity index (χ0) is 11.9. The van der Waals surface area contributed by atoms with E-state index in [-0.39, 0.29) is 19.0 Å². The molecule has 0 N–H and O–H groups in total. The summed E-state index contributed by atoms with van der Waals surface area (Å²) >= 11 is 0. The molecule has 1 saturated heterocycles. The number of benzene rings is 1. The molecule has 6 heteroatoms. The van der Waals surface area contributed by atoms with Crippen molar-refractivity contribution in [1.29, 1.82) is 0 Å². The van der Waals surface area contributed by atoms with Crippen molar-refractivity contribution >= 4 is 11.6 Å². The largest absolute Gasteiger partial charge is 0.307 e. The molecule has 0 radical (unpaired) electrons. The first-order chi connectivity index (χ1) is 7.52. The van der Waals surface area contributed by atoms with Crippen molar-refractivity contribution in [2.45, 2.75) is 12.8 Å². The molecule has 1 aromatic carbocycles. The lowest BCUT2D eigenvalue weighted by Crippen LogP contribution is -2.26. The van der Waals surface area contributed by atoms with Gasteiger partial charge in [-0.25, -0.2) is 17.6 Å². The van der Waals surface area contributed by atoms with Crippen LogP contribution in [0.15, 0.2) is 6.07 Å². The summed E-state index contributed by atoms with van der Waals surface area (Å²) in [4.78, 5) is 12.0. The molecule has 1 amide bonds. The summed E-state index contributed by atoms with van der Waals surface area (Å²) in [7, 11) is 0. The first kappa shape index (κ1) is 10.9. The van der Waals surface area contributed by atoms with Crippen LogP contribution in [-0.2, 0) is 4.79 Å². The predicted octanol–water partition coefficient (Wildman–Crippen LogP) is 2.37. The van der Waals surface area contributed by atoms with Crippen LogP contribution in [0.1, 0.15) is 12.8 Å². The quantitative estimate of drug-likeness (QED) is 0.538. The third kappa shape index (κ3) is 1.54. The number of anilines is 1. The lowest BCUT2D eigenvalue weighted by atomic mass is 10.2. The average molecular weight is 233 g/mol. The highest BCUT2D eigenvalue weighted by Gasteiger charge is 2.30. The van der Waals surface area contributed by atoms with Gasteiger partial charge in [-0.05, 0) is 6.42 Å². The number of amides is 1. The molecule has 1 aromatic rings. The van der Waals surface area contributed by atoms with Crippen LogP contribution in [0.4, 0.5) is 23.2 Å². The maximum atomic E-state index is 13.3. The first-order valence-corrected chi connectivity index (χ1v) is 4.65. The Bertz CT molecular complexity index is 434. The van der Waals surface area contributed by atoms with E-state index < -0.39 is 34.9 Å². The molecule has 0 aromatic heterocycles. The first-order valence-electron chi connectivity index (χ1n) is 4.65. The molecule has 0 atom stereocenters. The second-order valence-electron chi connectivity index (χ2n) is 3.47. The molecule has 16 heavy (non-hydrogen) atoms. The van der Waals surface area contributed by atoms with Crippen molar-refractivity contribution in [1.82, 2.24) is 0 Å². The molecule has 0 saturated carbocycles. The molecule has 0 bridgehead atoms. The van der Waals surface area contributed by atoms with Gasteiger partial charge in [0.25, 0.3) is 0 Å². The third-order valence-corrected chi connectivity index (χ3v) is 2.43. The minimum Gasteiger partial charge on any atom is -0.307 e. The molecule has 0 aliphatic carbocycles. The standard InChI is InChI=1S/C10H7F4NO/c11-5-4-6(12)9(14)10(8(5)13)15-3-1-2-7(15)16/h4H,1-3H2. The molecule has 1 aliphatic heterocycles. The summed E-state index contributed by atoms with van der Waals surface area (Å²) in [5.41, 5.74) is -0.931. The second-order valence-corrected chi connectivity index (χ2v) is 3.47. The Labute approximate surface area is 88.5 Å². The van der Waals surface area contributed by atoms with Gasteiger partial charge in [-0.3, -0.25) is 4.79 Å². The summed E-state index contributed by atoms with van der Waals surface area (Å²) < 4.78 is 52.3. The van der Waals surface area contributed by atoms with Crippen LogP contribution in [0, 0.1) is 23.3 Å². The van der Waals surface area contributed by atoms with Crippen molar-refractivity contribution in [3.05, 3.63) is 29.3 Å². The van der Waals surface area contributed by atoms with E-state index in [9.17, 15) is 22.4 Å². The van der Waals surface area contributed by atoms with E-state index in [0.29, 0.717) is 6.42 Å². The van der Waals surface area contributed by atoms with Gasteiger partial charge < -0.3 is 4.90 Å². The topological polar surface area (TPSA) is 20.3 Å². The highest BCUT2D eigenvalue weighted by molar-refractivity contribution is 5.95. The molecule has 1 heterocycles. The van der Waals surface area contributed by atoms with Crippen LogP contribution in [0.5, 0.6) is 0 Å². The fraction of sp³-hybridized carbons (Fsp3) is 0.300. The number of carbonyl (C=O) groups excluding carboxylic acids is 1. The minimum atomic E-state index is -1.53. The van der Waals surface area contributed by atoms with Crippen molar-refractivity contribution < 1.29 is 22.4 Å². The number of rotatable bonds is 1. The van der Waals surface area contributed by atoms with Gasteiger partial charge in [0.1, 0.15) is 5.69 Å². The zero-order valence-corrected chi connectivity index (χ0v) is 8.07. The van der Waals surface area contributed by atoms with Gasteiger partial charge in [0.2, 0.25) is 5.91 Å². The number of hydrogen-bond donors (Lipinski definition) is 0. The number of nitrogens with zero attached hydrogens (tertiary/aromatic N) is 1. The molecule has 1 aliphatic rings. The highest BCUT2D eigenvalue weighted by atomic mass is 19.2. The maximum Gasteiger partial charge on any atom is 0.227 e. The summed E-state index contributed by atoms with van der Waals surface area (Å²) in [6.07, 6.45) is 0.535. The molecule has 86 valence electrons. The number of hydrogen-bond acceptors (Lipinski definition) is 1. The number of halogens is 4. The van der Waals surface area contributed by atoms with Crippen LogP contribution in [0.2, 0.25) is 0 Å². The van der Waals surface area contributed by atoms with Gasteiger partial charge in [0, 0.05) is 19.0 Å². The van der Waals surface area contributed by atoms with Gasteiger partial charge in [-0.2, -0.15) is 0 Å². The summed E-state index contributed by atoms with van der Waals surface area (Å²) in [6, 6.07) is 0.120. The van der Waals surface area contributed by atoms with E-state index in [1.165, 1.54) is 0 Å². The lowest BCUT2D eigenvalue weighted by molar-refractivity contribution is -0.117.